The Bertz CT molecular complexity index is 767. The molecule has 1 aliphatic rings. The summed E-state index contributed by atoms with van der Waals surface area (Å²) in [6, 6.07) is 3.35. The van der Waals surface area contributed by atoms with Crippen LogP contribution >= 0.6 is 0 Å². The van der Waals surface area contributed by atoms with Gasteiger partial charge in [0.2, 0.25) is 10.0 Å². The normalized spacial score (nSPS) is 16.8. The average molecular weight is 368 g/mol. The molecule has 0 aliphatic carbocycles. The summed E-state index contributed by atoms with van der Waals surface area (Å²) in [6.07, 6.45) is 1.65. The van der Waals surface area contributed by atoms with Gasteiger partial charge >= 0.3 is 5.97 Å². The van der Waals surface area contributed by atoms with E-state index in [4.69, 9.17) is 0 Å². The molecular weight excluding hydrogens is 344 g/mol. The molecule has 1 saturated heterocycles. The highest BCUT2D eigenvalue weighted by atomic mass is 32.2. The van der Waals surface area contributed by atoms with Crippen LogP contribution in [-0.4, -0.2) is 48.8 Å². The monoisotopic (exact) mass is 368 g/mol. The Balaban J connectivity index is 2.32. The number of amides is 1. The molecule has 1 heterocycles. The van der Waals surface area contributed by atoms with Crippen molar-refractivity contribution in [2.75, 3.05) is 13.1 Å². The second-order valence-corrected chi connectivity index (χ2v) is 8.56. The molecule has 1 atom stereocenters. The van der Waals surface area contributed by atoms with Crippen LogP contribution in [-0.2, 0) is 14.8 Å². The summed E-state index contributed by atoms with van der Waals surface area (Å²) >= 11 is 0. The summed E-state index contributed by atoms with van der Waals surface area (Å²) in [6.45, 7) is 6.03. The molecule has 0 unspecified atom stereocenters. The fourth-order valence-corrected chi connectivity index (χ4v) is 4.36. The Kier molecular flexibility index (Phi) is 5.84. The van der Waals surface area contributed by atoms with Gasteiger partial charge in [0, 0.05) is 18.7 Å². The van der Waals surface area contributed by atoms with Gasteiger partial charge in [-0.3, -0.25) is 4.79 Å². The minimum absolute atomic E-state index is 0.0570. The molecule has 1 aromatic carbocycles. The van der Waals surface area contributed by atoms with Crippen LogP contribution in [0.4, 0.5) is 0 Å². The molecule has 0 bridgehead atoms. The molecule has 2 rings (SSSR count). The molecule has 0 saturated carbocycles. The highest BCUT2D eigenvalue weighted by molar-refractivity contribution is 7.89. The first kappa shape index (κ1) is 19.4. The minimum Gasteiger partial charge on any atom is -0.480 e. The average Bonchev–Trinajstić information content (AvgIpc) is 3.07. The van der Waals surface area contributed by atoms with Crippen LogP contribution in [0.2, 0.25) is 0 Å². The summed E-state index contributed by atoms with van der Waals surface area (Å²) < 4.78 is 26.7. The van der Waals surface area contributed by atoms with Gasteiger partial charge in [0.15, 0.2) is 0 Å². The molecule has 8 heteroatoms. The van der Waals surface area contributed by atoms with Crippen LogP contribution < -0.4 is 5.32 Å². The third kappa shape index (κ3) is 4.19. The van der Waals surface area contributed by atoms with Crippen LogP contribution in [0.5, 0.6) is 0 Å². The van der Waals surface area contributed by atoms with Gasteiger partial charge in [-0.2, -0.15) is 4.31 Å². The number of aryl methyl sites for hydroxylation is 1. The fourth-order valence-electron chi connectivity index (χ4n) is 2.82. The maximum Gasteiger partial charge on any atom is 0.326 e. The number of benzene rings is 1. The van der Waals surface area contributed by atoms with Crippen LogP contribution in [0, 0.1) is 12.8 Å². The van der Waals surface area contributed by atoms with Crippen LogP contribution in [0.1, 0.15) is 42.6 Å². The van der Waals surface area contributed by atoms with Crippen LogP contribution in [0.15, 0.2) is 23.1 Å². The van der Waals surface area contributed by atoms with Crippen molar-refractivity contribution in [2.45, 2.75) is 44.6 Å². The topological polar surface area (TPSA) is 104 Å². The number of sulfonamides is 1. The quantitative estimate of drug-likeness (QED) is 0.794. The lowest BCUT2D eigenvalue weighted by Crippen LogP contribution is -2.44. The zero-order valence-corrected chi connectivity index (χ0v) is 15.5. The van der Waals surface area contributed by atoms with Crippen molar-refractivity contribution in [1.82, 2.24) is 9.62 Å². The van der Waals surface area contributed by atoms with E-state index in [0.717, 1.165) is 12.8 Å². The van der Waals surface area contributed by atoms with Gasteiger partial charge in [0.05, 0.1) is 4.90 Å². The predicted octanol–water partition coefficient (Wildman–Crippen LogP) is 1.62. The Labute approximate surface area is 148 Å². The number of nitrogens with zero attached hydrogens (tertiary/aromatic N) is 1. The van der Waals surface area contributed by atoms with E-state index in [1.54, 1.807) is 26.8 Å². The van der Waals surface area contributed by atoms with E-state index in [2.05, 4.69) is 5.32 Å². The summed E-state index contributed by atoms with van der Waals surface area (Å²) in [4.78, 5) is 23.8. The molecule has 1 aromatic rings. The van der Waals surface area contributed by atoms with Crippen molar-refractivity contribution in [1.29, 1.82) is 0 Å². The maximum atomic E-state index is 12.7. The molecule has 0 radical (unpaired) electrons. The zero-order valence-electron chi connectivity index (χ0n) is 14.7. The Hall–Kier alpha value is -1.93. The SMILES string of the molecule is Cc1ccc(S(=O)(=O)N2CCCC2)cc1C(=O)N[C@H](C(=O)O)C(C)C. The van der Waals surface area contributed by atoms with E-state index in [1.807, 2.05) is 0 Å². The third-order valence-corrected chi connectivity index (χ3v) is 6.27. The molecule has 1 aliphatic heterocycles. The molecule has 1 amide bonds. The number of carbonyl (C=O) groups excluding carboxylic acids is 1. The largest absolute Gasteiger partial charge is 0.480 e. The lowest BCUT2D eigenvalue weighted by molar-refractivity contribution is -0.140. The van der Waals surface area contributed by atoms with E-state index in [-0.39, 0.29) is 16.4 Å². The summed E-state index contributed by atoms with van der Waals surface area (Å²) in [7, 11) is -3.64. The van der Waals surface area contributed by atoms with Crippen molar-refractivity contribution >= 4 is 21.9 Å². The number of rotatable bonds is 6. The number of carboxylic acid groups (broad SMARTS) is 1. The molecule has 1 fully saturated rings. The Morgan fingerprint density at radius 1 is 1.20 bits per heavy atom. The lowest BCUT2D eigenvalue weighted by Gasteiger charge is -2.20. The maximum absolute atomic E-state index is 12.7. The van der Waals surface area contributed by atoms with Gasteiger partial charge < -0.3 is 10.4 Å². The predicted molar refractivity (Wildman–Crippen MR) is 92.9 cm³/mol. The standard InChI is InChI=1S/C17H24N2O5S/c1-11(2)15(17(21)22)18-16(20)14-10-13(7-6-12(14)3)25(23,24)19-8-4-5-9-19/h6-7,10-11,15H,4-5,8-9H2,1-3H3,(H,18,20)(H,21,22)/t15-/m0/s1. The summed E-state index contributed by atoms with van der Waals surface area (Å²) in [5.41, 5.74) is 0.762. The first-order valence-corrected chi connectivity index (χ1v) is 9.73. The number of nitrogens with one attached hydrogen (secondary N) is 1. The number of carboxylic acids is 1. The van der Waals surface area contributed by atoms with Crippen molar-refractivity contribution < 1.29 is 23.1 Å². The molecule has 0 aromatic heterocycles. The lowest BCUT2D eigenvalue weighted by atomic mass is 10.0. The molecular formula is C17H24N2O5S. The third-order valence-electron chi connectivity index (χ3n) is 4.38. The van der Waals surface area contributed by atoms with E-state index in [9.17, 15) is 23.1 Å². The summed E-state index contributed by atoms with van der Waals surface area (Å²) in [5.74, 6) is -2.00. The van der Waals surface area contributed by atoms with Crippen molar-refractivity contribution in [2.24, 2.45) is 5.92 Å². The fraction of sp³-hybridized carbons (Fsp3) is 0.529. The van der Waals surface area contributed by atoms with Gasteiger partial charge in [-0.15, -0.1) is 0 Å². The minimum atomic E-state index is -3.64. The smallest absolute Gasteiger partial charge is 0.326 e. The number of hydrogen-bond acceptors (Lipinski definition) is 4. The Morgan fingerprint density at radius 3 is 2.32 bits per heavy atom. The van der Waals surface area contributed by atoms with E-state index < -0.39 is 27.9 Å². The van der Waals surface area contributed by atoms with Crippen molar-refractivity contribution in [3.63, 3.8) is 0 Å². The molecule has 2 N–H and O–H groups in total. The summed E-state index contributed by atoms with van der Waals surface area (Å²) in [5, 5.41) is 11.7. The first-order chi connectivity index (χ1) is 11.6. The number of carbonyl (C=O) groups is 2. The highest BCUT2D eigenvalue weighted by Gasteiger charge is 2.29. The van der Waals surface area contributed by atoms with Gasteiger partial charge in [-0.05, 0) is 43.4 Å². The molecule has 7 nitrogen and oxygen atoms in total. The Morgan fingerprint density at radius 2 is 1.80 bits per heavy atom. The molecule has 0 spiro atoms. The van der Waals surface area contributed by atoms with Crippen molar-refractivity contribution in [3.8, 4) is 0 Å². The van der Waals surface area contributed by atoms with Gasteiger partial charge in [0.25, 0.3) is 5.91 Å². The van der Waals surface area contributed by atoms with Gasteiger partial charge in [-0.25, -0.2) is 13.2 Å². The number of hydrogen-bond donors (Lipinski definition) is 2. The first-order valence-electron chi connectivity index (χ1n) is 8.29. The van der Waals surface area contributed by atoms with Crippen LogP contribution in [0.25, 0.3) is 0 Å². The highest BCUT2D eigenvalue weighted by Crippen LogP contribution is 2.23. The van der Waals surface area contributed by atoms with Gasteiger partial charge in [0.1, 0.15) is 6.04 Å². The second kappa shape index (κ2) is 7.53. The van der Waals surface area contributed by atoms with Crippen LogP contribution in [0.3, 0.4) is 0 Å². The number of aliphatic carboxylic acids is 1. The van der Waals surface area contributed by atoms with Crippen molar-refractivity contribution in [3.05, 3.63) is 29.3 Å². The van der Waals surface area contributed by atoms with Gasteiger partial charge in [-0.1, -0.05) is 19.9 Å². The molecule has 138 valence electrons. The zero-order chi connectivity index (χ0) is 18.8. The second-order valence-electron chi connectivity index (χ2n) is 6.62. The van der Waals surface area contributed by atoms with E-state index in [1.165, 1.54) is 16.4 Å². The van der Waals surface area contributed by atoms with E-state index >= 15 is 0 Å². The molecule has 25 heavy (non-hydrogen) atoms. The van der Waals surface area contributed by atoms with E-state index in [0.29, 0.717) is 18.7 Å².